The Labute approximate surface area is 194 Å². The van der Waals surface area contributed by atoms with Gasteiger partial charge in [0.25, 0.3) is 0 Å². The van der Waals surface area contributed by atoms with Crippen LogP contribution >= 0.6 is 0 Å². The molecule has 0 saturated heterocycles. The van der Waals surface area contributed by atoms with Crippen molar-refractivity contribution in [3.05, 3.63) is 65.2 Å². The summed E-state index contributed by atoms with van der Waals surface area (Å²) in [5, 5.41) is 0. The highest BCUT2D eigenvalue weighted by molar-refractivity contribution is 5.90. The first-order valence-corrected chi connectivity index (χ1v) is 11.4. The maximum Gasteiger partial charge on any atom is 0.338 e. The Morgan fingerprint density at radius 2 is 1.70 bits per heavy atom. The van der Waals surface area contributed by atoms with Crippen LogP contribution in [-0.4, -0.2) is 30.8 Å². The van der Waals surface area contributed by atoms with Crippen molar-refractivity contribution >= 4 is 29.4 Å². The normalized spacial score (nSPS) is 18.2. The first-order chi connectivity index (χ1) is 15.9. The molecule has 0 aromatic heterocycles. The smallest absolute Gasteiger partial charge is 0.338 e. The molecule has 0 atom stereocenters. The van der Waals surface area contributed by atoms with E-state index in [4.69, 9.17) is 25.7 Å². The molecule has 0 amide bonds. The Bertz CT molecular complexity index is 963. The SMILES string of the molecule is CCCOC1CCC(OC(=O)c2ccc(C=CC(=O)OCc3ccc(N)cc3N)cc2)CC1. The van der Waals surface area contributed by atoms with Crippen LogP contribution in [0, 0.1) is 0 Å². The summed E-state index contributed by atoms with van der Waals surface area (Å²) in [5.74, 6) is -0.822. The van der Waals surface area contributed by atoms with E-state index in [0.29, 0.717) is 22.5 Å². The molecule has 0 unspecified atom stereocenters. The molecule has 7 nitrogen and oxygen atoms in total. The lowest BCUT2D eigenvalue weighted by Crippen LogP contribution is -2.28. The van der Waals surface area contributed by atoms with Crippen molar-refractivity contribution in [2.24, 2.45) is 0 Å². The summed E-state index contributed by atoms with van der Waals surface area (Å²) in [5.41, 5.74) is 14.5. The molecule has 0 aliphatic heterocycles. The van der Waals surface area contributed by atoms with Gasteiger partial charge < -0.3 is 25.7 Å². The lowest BCUT2D eigenvalue weighted by Gasteiger charge is -2.28. The third-order valence-corrected chi connectivity index (χ3v) is 5.55. The van der Waals surface area contributed by atoms with Gasteiger partial charge in [0.05, 0.1) is 11.7 Å². The number of esters is 2. The molecule has 0 spiro atoms. The van der Waals surface area contributed by atoms with Crippen LogP contribution in [0.3, 0.4) is 0 Å². The van der Waals surface area contributed by atoms with Crippen molar-refractivity contribution in [2.75, 3.05) is 18.1 Å². The average Bonchev–Trinajstić information content (AvgIpc) is 2.82. The lowest BCUT2D eigenvalue weighted by atomic mass is 9.95. The van der Waals surface area contributed by atoms with Crippen molar-refractivity contribution in [3.63, 3.8) is 0 Å². The Morgan fingerprint density at radius 1 is 1.00 bits per heavy atom. The zero-order chi connectivity index (χ0) is 23.6. The van der Waals surface area contributed by atoms with Crippen LogP contribution in [-0.2, 0) is 25.6 Å². The zero-order valence-corrected chi connectivity index (χ0v) is 19.0. The molecular weight excluding hydrogens is 420 g/mol. The first kappa shape index (κ1) is 24.3. The number of benzene rings is 2. The fourth-order valence-corrected chi connectivity index (χ4v) is 3.66. The predicted molar refractivity (Wildman–Crippen MR) is 128 cm³/mol. The number of rotatable bonds is 9. The topological polar surface area (TPSA) is 114 Å². The molecule has 1 aliphatic rings. The first-order valence-electron chi connectivity index (χ1n) is 11.4. The summed E-state index contributed by atoms with van der Waals surface area (Å²) in [7, 11) is 0. The number of nitrogens with two attached hydrogens (primary N) is 2. The Morgan fingerprint density at radius 3 is 2.36 bits per heavy atom. The number of hydrogen-bond donors (Lipinski definition) is 2. The number of anilines is 2. The zero-order valence-electron chi connectivity index (χ0n) is 19.0. The highest BCUT2D eigenvalue weighted by Gasteiger charge is 2.24. The maximum absolute atomic E-state index is 12.4. The van der Waals surface area contributed by atoms with E-state index < -0.39 is 5.97 Å². The van der Waals surface area contributed by atoms with Crippen LogP contribution in [0.2, 0.25) is 0 Å². The van der Waals surface area contributed by atoms with E-state index >= 15 is 0 Å². The lowest BCUT2D eigenvalue weighted by molar-refractivity contribution is -0.138. The minimum absolute atomic E-state index is 0.0622. The number of ether oxygens (including phenoxy) is 3. The van der Waals surface area contributed by atoms with Crippen molar-refractivity contribution in [1.29, 1.82) is 0 Å². The molecule has 176 valence electrons. The minimum Gasteiger partial charge on any atom is -0.459 e. The molecule has 2 aromatic rings. The van der Waals surface area contributed by atoms with E-state index in [-0.39, 0.29) is 24.8 Å². The van der Waals surface area contributed by atoms with E-state index in [0.717, 1.165) is 44.3 Å². The summed E-state index contributed by atoms with van der Waals surface area (Å²) in [6.07, 6.45) is 7.67. The molecule has 1 aliphatic carbocycles. The number of hydrogen-bond acceptors (Lipinski definition) is 7. The van der Waals surface area contributed by atoms with E-state index in [2.05, 4.69) is 6.92 Å². The van der Waals surface area contributed by atoms with Gasteiger partial charge in [0, 0.05) is 29.6 Å². The standard InChI is InChI=1S/C26H32N2O5/c1-2-15-31-22-10-12-23(13-11-22)33-26(30)19-6-3-18(4-7-19)5-14-25(29)32-17-20-8-9-21(27)16-24(20)28/h3-9,14,16,22-23H,2,10-13,15,17,27-28H2,1H3. The molecule has 0 radical (unpaired) electrons. The van der Waals surface area contributed by atoms with Crippen LogP contribution in [0.25, 0.3) is 6.08 Å². The van der Waals surface area contributed by atoms with Gasteiger partial charge in [0.2, 0.25) is 0 Å². The molecule has 0 heterocycles. The molecule has 4 N–H and O–H groups in total. The fourth-order valence-electron chi connectivity index (χ4n) is 3.66. The summed E-state index contributed by atoms with van der Waals surface area (Å²) >= 11 is 0. The quantitative estimate of drug-likeness (QED) is 0.327. The van der Waals surface area contributed by atoms with E-state index in [9.17, 15) is 9.59 Å². The summed E-state index contributed by atoms with van der Waals surface area (Å²) < 4.78 is 16.7. The van der Waals surface area contributed by atoms with Crippen LogP contribution in [0.15, 0.2) is 48.5 Å². The number of nitrogen functional groups attached to an aromatic ring is 2. The monoisotopic (exact) mass is 452 g/mol. The Kier molecular flexibility index (Phi) is 8.89. The largest absolute Gasteiger partial charge is 0.459 e. The molecule has 1 saturated carbocycles. The van der Waals surface area contributed by atoms with Gasteiger partial charge in [-0.15, -0.1) is 0 Å². The van der Waals surface area contributed by atoms with Gasteiger partial charge in [-0.3, -0.25) is 0 Å². The minimum atomic E-state index is -0.492. The molecule has 0 bridgehead atoms. The molecule has 7 heteroatoms. The second kappa shape index (κ2) is 12.1. The van der Waals surface area contributed by atoms with Gasteiger partial charge >= 0.3 is 11.9 Å². The van der Waals surface area contributed by atoms with Crippen molar-refractivity contribution < 1.29 is 23.8 Å². The molecule has 33 heavy (non-hydrogen) atoms. The fraction of sp³-hybridized carbons (Fsp3) is 0.385. The molecule has 1 fully saturated rings. The second-order valence-electron chi connectivity index (χ2n) is 8.20. The molecular formula is C26H32N2O5. The van der Waals surface area contributed by atoms with Gasteiger partial charge in [-0.05, 0) is 68.0 Å². The highest BCUT2D eigenvalue weighted by atomic mass is 16.5. The van der Waals surface area contributed by atoms with Crippen molar-refractivity contribution in [3.8, 4) is 0 Å². The molecule has 2 aromatic carbocycles. The number of carbonyl (C=O) groups is 2. The van der Waals surface area contributed by atoms with Crippen LogP contribution in [0.1, 0.15) is 60.5 Å². The van der Waals surface area contributed by atoms with Gasteiger partial charge in [0.1, 0.15) is 12.7 Å². The Hall–Kier alpha value is -3.32. The third kappa shape index (κ3) is 7.64. The predicted octanol–water partition coefficient (Wildman–Crippen LogP) is 4.50. The van der Waals surface area contributed by atoms with Gasteiger partial charge in [-0.2, -0.15) is 0 Å². The number of carbonyl (C=O) groups excluding carboxylic acids is 2. The van der Waals surface area contributed by atoms with Crippen LogP contribution < -0.4 is 11.5 Å². The third-order valence-electron chi connectivity index (χ3n) is 5.55. The van der Waals surface area contributed by atoms with Crippen molar-refractivity contribution in [1.82, 2.24) is 0 Å². The molecule has 3 rings (SSSR count). The highest BCUT2D eigenvalue weighted by Crippen LogP contribution is 2.24. The Balaban J connectivity index is 1.44. The van der Waals surface area contributed by atoms with E-state index in [1.807, 2.05) is 0 Å². The summed E-state index contributed by atoms with van der Waals surface area (Å²) in [4.78, 5) is 24.4. The van der Waals surface area contributed by atoms with Gasteiger partial charge in [-0.1, -0.05) is 25.1 Å². The second-order valence-corrected chi connectivity index (χ2v) is 8.20. The van der Waals surface area contributed by atoms with Crippen LogP contribution in [0.4, 0.5) is 11.4 Å². The summed E-state index contributed by atoms with van der Waals surface area (Å²) in [6, 6.07) is 12.0. The van der Waals surface area contributed by atoms with E-state index in [1.165, 1.54) is 6.08 Å². The van der Waals surface area contributed by atoms with Crippen molar-refractivity contribution in [2.45, 2.75) is 57.8 Å². The van der Waals surface area contributed by atoms with Gasteiger partial charge in [0.15, 0.2) is 0 Å². The average molecular weight is 453 g/mol. The maximum atomic E-state index is 12.4. The van der Waals surface area contributed by atoms with Crippen LogP contribution in [0.5, 0.6) is 0 Å². The summed E-state index contributed by atoms with van der Waals surface area (Å²) in [6.45, 7) is 2.94. The van der Waals surface area contributed by atoms with Gasteiger partial charge in [-0.25, -0.2) is 9.59 Å². The van der Waals surface area contributed by atoms with E-state index in [1.54, 1.807) is 48.5 Å².